The molecule has 1 aliphatic rings. The van der Waals surface area contributed by atoms with Gasteiger partial charge in [0.15, 0.2) is 0 Å². The standard InChI is InChI=1S/C16H17N3O2S/c20-14-16(21)19(10-9-18-7-3-4-8-18)13-11-5-1-2-6-12(11)22-15(13)17-14/h1-2,5-6H,3-4,7-10H2,(H,17,20). The molecule has 0 unspecified atom stereocenters. The Labute approximate surface area is 130 Å². The molecular formula is C16H17N3O2S. The molecule has 0 radical (unpaired) electrons. The maximum absolute atomic E-state index is 12.3. The van der Waals surface area contributed by atoms with Gasteiger partial charge in [-0.1, -0.05) is 18.2 Å². The fourth-order valence-corrected chi connectivity index (χ4v) is 4.33. The van der Waals surface area contributed by atoms with Gasteiger partial charge >= 0.3 is 11.1 Å². The quantitative estimate of drug-likeness (QED) is 0.752. The summed E-state index contributed by atoms with van der Waals surface area (Å²) < 4.78 is 2.75. The van der Waals surface area contributed by atoms with Crippen molar-refractivity contribution >= 4 is 31.8 Å². The van der Waals surface area contributed by atoms with Gasteiger partial charge in [-0.2, -0.15) is 0 Å². The monoisotopic (exact) mass is 315 g/mol. The van der Waals surface area contributed by atoms with Gasteiger partial charge in [-0.05, 0) is 32.0 Å². The lowest BCUT2D eigenvalue weighted by atomic mass is 10.2. The summed E-state index contributed by atoms with van der Waals surface area (Å²) in [5.41, 5.74) is -0.111. The minimum Gasteiger partial charge on any atom is -0.308 e. The molecule has 22 heavy (non-hydrogen) atoms. The average molecular weight is 315 g/mol. The third kappa shape index (κ3) is 2.19. The first-order valence-electron chi connectivity index (χ1n) is 7.61. The van der Waals surface area contributed by atoms with Gasteiger partial charge in [0, 0.05) is 23.2 Å². The summed E-state index contributed by atoms with van der Waals surface area (Å²) in [6, 6.07) is 7.98. The highest BCUT2D eigenvalue weighted by Gasteiger charge is 2.16. The average Bonchev–Trinajstić information content (AvgIpc) is 3.15. The summed E-state index contributed by atoms with van der Waals surface area (Å²) in [7, 11) is 0. The number of benzene rings is 1. The largest absolute Gasteiger partial charge is 0.316 e. The molecule has 1 aliphatic heterocycles. The number of H-pyrrole nitrogens is 1. The van der Waals surface area contributed by atoms with Crippen LogP contribution in [0.4, 0.5) is 0 Å². The highest BCUT2D eigenvalue weighted by atomic mass is 32.1. The van der Waals surface area contributed by atoms with Crippen LogP contribution in [0.15, 0.2) is 33.9 Å². The molecule has 2 aromatic heterocycles. The van der Waals surface area contributed by atoms with Crippen LogP contribution in [-0.2, 0) is 6.54 Å². The number of likely N-dealkylation sites (tertiary alicyclic amines) is 1. The molecule has 0 bridgehead atoms. The van der Waals surface area contributed by atoms with Gasteiger partial charge in [-0.3, -0.25) is 14.2 Å². The number of hydrogen-bond donors (Lipinski definition) is 1. The smallest absolute Gasteiger partial charge is 0.308 e. The maximum atomic E-state index is 12.3. The van der Waals surface area contributed by atoms with E-state index in [9.17, 15) is 9.59 Å². The van der Waals surface area contributed by atoms with E-state index in [1.165, 1.54) is 24.2 Å². The summed E-state index contributed by atoms with van der Waals surface area (Å²) in [6.45, 7) is 3.57. The highest BCUT2D eigenvalue weighted by molar-refractivity contribution is 7.25. The Morgan fingerprint density at radius 3 is 2.68 bits per heavy atom. The number of nitrogens with one attached hydrogen (secondary N) is 1. The molecule has 1 saturated heterocycles. The predicted octanol–water partition coefficient (Wildman–Crippen LogP) is 2.00. The van der Waals surface area contributed by atoms with E-state index in [-0.39, 0.29) is 0 Å². The molecule has 0 atom stereocenters. The van der Waals surface area contributed by atoms with Crippen LogP contribution in [0.2, 0.25) is 0 Å². The fourth-order valence-electron chi connectivity index (χ4n) is 3.23. The van der Waals surface area contributed by atoms with Gasteiger partial charge in [0.25, 0.3) is 0 Å². The second-order valence-corrected chi connectivity index (χ2v) is 6.79. The lowest BCUT2D eigenvalue weighted by Gasteiger charge is -2.15. The van der Waals surface area contributed by atoms with E-state index in [1.54, 1.807) is 4.57 Å². The first-order valence-corrected chi connectivity index (χ1v) is 8.42. The van der Waals surface area contributed by atoms with Crippen molar-refractivity contribution in [2.24, 2.45) is 0 Å². The number of aromatic nitrogens is 2. The first kappa shape index (κ1) is 13.7. The van der Waals surface area contributed by atoms with Crippen LogP contribution < -0.4 is 11.1 Å². The summed E-state index contributed by atoms with van der Waals surface area (Å²) in [5.74, 6) is 0. The minimum atomic E-state index is -0.527. The maximum Gasteiger partial charge on any atom is 0.316 e. The zero-order valence-corrected chi connectivity index (χ0v) is 13.0. The van der Waals surface area contributed by atoms with E-state index in [2.05, 4.69) is 9.88 Å². The number of fused-ring (bicyclic) bond motifs is 3. The minimum absolute atomic E-state index is 0.449. The SMILES string of the molecule is O=c1[nH]c2sc3ccccc3c2n(CCN2CCCC2)c1=O. The van der Waals surface area contributed by atoms with Crippen molar-refractivity contribution in [2.45, 2.75) is 19.4 Å². The number of aromatic amines is 1. The van der Waals surface area contributed by atoms with Gasteiger partial charge in [0.2, 0.25) is 0 Å². The van der Waals surface area contributed by atoms with E-state index in [0.29, 0.717) is 6.54 Å². The second kappa shape index (κ2) is 5.37. The summed E-state index contributed by atoms with van der Waals surface area (Å²) in [4.78, 5) is 30.1. The van der Waals surface area contributed by atoms with Gasteiger partial charge < -0.3 is 9.88 Å². The Bertz CT molecular complexity index is 947. The van der Waals surface area contributed by atoms with Crippen molar-refractivity contribution in [1.82, 2.24) is 14.5 Å². The van der Waals surface area contributed by atoms with Crippen molar-refractivity contribution in [1.29, 1.82) is 0 Å². The number of hydrogen-bond acceptors (Lipinski definition) is 4. The van der Waals surface area contributed by atoms with Crippen molar-refractivity contribution in [3.05, 3.63) is 45.0 Å². The van der Waals surface area contributed by atoms with Crippen LogP contribution in [0.3, 0.4) is 0 Å². The van der Waals surface area contributed by atoms with E-state index in [4.69, 9.17) is 0 Å². The molecular weight excluding hydrogens is 298 g/mol. The molecule has 3 aromatic rings. The zero-order valence-electron chi connectivity index (χ0n) is 12.2. The van der Waals surface area contributed by atoms with Crippen LogP contribution >= 0.6 is 11.3 Å². The summed E-state index contributed by atoms with van der Waals surface area (Å²) in [6.07, 6.45) is 2.45. The Hall–Kier alpha value is -1.92. The molecule has 0 spiro atoms. The normalized spacial score (nSPS) is 16.0. The molecule has 0 saturated carbocycles. The predicted molar refractivity (Wildman–Crippen MR) is 89.9 cm³/mol. The summed E-state index contributed by atoms with van der Waals surface area (Å²) >= 11 is 1.53. The van der Waals surface area contributed by atoms with Crippen molar-refractivity contribution < 1.29 is 0 Å². The highest BCUT2D eigenvalue weighted by Crippen LogP contribution is 2.30. The van der Waals surface area contributed by atoms with Crippen molar-refractivity contribution in [3.63, 3.8) is 0 Å². The third-order valence-electron chi connectivity index (χ3n) is 4.34. The van der Waals surface area contributed by atoms with E-state index >= 15 is 0 Å². The molecule has 114 valence electrons. The van der Waals surface area contributed by atoms with Gasteiger partial charge in [-0.25, -0.2) is 0 Å². The number of nitrogens with zero attached hydrogens (tertiary/aromatic N) is 2. The molecule has 1 aromatic carbocycles. The molecule has 1 N–H and O–H groups in total. The Balaban J connectivity index is 1.88. The second-order valence-electron chi connectivity index (χ2n) is 5.74. The lowest BCUT2D eigenvalue weighted by molar-refractivity contribution is 0.322. The molecule has 0 amide bonds. The Kier molecular flexibility index (Phi) is 3.35. The van der Waals surface area contributed by atoms with Crippen LogP contribution in [0, 0.1) is 0 Å². The first-order chi connectivity index (χ1) is 10.7. The van der Waals surface area contributed by atoms with Gasteiger partial charge in [0.1, 0.15) is 4.83 Å². The number of rotatable bonds is 3. The third-order valence-corrected chi connectivity index (χ3v) is 5.42. The van der Waals surface area contributed by atoms with Gasteiger partial charge in [-0.15, -0.1) is 11.3 Å². The van der Waals surface area contributed by atoms with Crippen molar-refractivity contribution in [2.75, 3.05) is 19.6 Å². The Morgan fingerprint density at radius 1 is 1.09 bits per heavy atom. The Morgan fingerprint density at radius 2 is 1.86 bits per heavy atom. The molecule has 6 heteroatoms. The van der Waals surface area contributed by atoms with E-state index < -0.39 is 11.1 Å². The van der Waals surface area contributed by atoms with Crippen LogP contribution in [0.25, 0.3) is 20.4 Å². The lowest BCUT2D eigenvalue weighted by Crippen LogP contribution is -2.38. The zero-order chi connectivity index (χ0) is 15.1. The van der Waals surface area contributed by atoms with Crippen LogP contribution in [0.1, 0.15) is 12.8 Å². The molecule has 5 nitrogen and oxygen atoms in total. The topological polar surface area (TPSA) is 58.1 Å². The molecule has 0 aliphatic carbocycles. The van der Waals surface area contributed by atoms with Crippen LogP contribution in [0.5, 0.6) is 0 Å². The van der Waals surface area contributed by atoms with Crippen molar-refractivity contribution in [3.8, 4) is 0 Å². The molecule has 3 heterocycles. The fraction of sp³-hybridized carbons (Fsp3) is 0.375. The molecule has 4 rings (SSSR count). The van der Waals surface area contributed by atoms with E-state index in [0.717, 1.165) is 40.1 Å². The number of thiophene rings is 1. The van der Waals surface area contributed by atoms with E-state index in [1.807, 2.05) is 24.3 Å². The molecule has 1 fully saturated rings. The van der Waals surface area contributed by atoms with Crippen LogP contribution in [-0.4, -0.2) is 34.1 Å². The van der Waals surface area contributed by atoms with Gasteiger partial charge in [0.05, 0.1) is 5.52 Å². The summed E-state index contributed by atoms with van der Waals surface area (Å²) in [5, 5.41) is 1.04.